The molecule has 0 spiro atoms. The van der Waals surface area contributed by atoms with Gasteiger partial charge in [-0.25, -0.2) is 9.79 Å². The average Bonchev–Trinajstić information content (AvgIpc) is 2.30. The number of carbonyl (C=O) groups is 2. The zero-order valence-corrected chi connectivity index (χ0v) is 8.83. The molecule has 17 heavy (non-hydrogen) atoms. The lowest BCUT2D eigenvalue weighted by atomic mass is 10.3. The second-order valence-corrected chi connectivity index (χ2v) is 3.00. The van der Waals surface area contributed by atoms with Gasteiger partial charge in [-0.15, -0.1) is 0 Å². The number of primary amides is 1. The fourth-order valence-corrected chi connectivity index (χ4v) is 0.966. The van der Waals surface area contributed by atoms with Crippen molar-refractivity contribution in [2.45, 2.75) is 0 Å². The van der Waals surface area contributed by atoms with Gasteiger partial charge < -0.3 is 16.2 Å². The van der Waals surface area contributed by atoms with Gasteiger partial charge in [-0.1, -0.05) is 18.2 Å². The number of carbonyl (C=O) groups excluding carboxylic acids is 2. The van der Waals surface area contributed by atoms with Crippen LogP contribution in [0.3, 0.4) is 0 Å². The van der Waals surface area contributed by atoms with Crippen LogP contribution < -0.4 is 11.1 Å². The normalized spacial score (nSPS) is 11.4. The van der Waals surface area contributed by atoms with Crippen LogP contribution in [0.4, 0.5) is 10.5 Å². The number of anilines is 1. The summed E-state index contributed by atoms with van der Waals surface area (Å²) in [5.41, 5.74) is 5.21. The number of hydrogen-bond acceptors (Lipinski definition) is 3. The molecule has 0 aromatic heterocycles. The van der Waals surface area contributed by atoms with Crippen molar-refractivity contribution in [3.63, 3.8) is 0 Å². The topological polar surface area (TPSA) is 105 Å². The Balaban J connectivity index is 2.62. The molecular weight excluding hydrogens is 222 g/mol. The van der Waals surface area contributed by atoms with E-state index < -0.39 is 11.9 Å². The molecule has 3 amide bonds. The van der Waals surface area contributed by atoms with Crippen LogP contribution in [0.15, 0.2) is 47.2 Å². The van der Waals surface area contributed by atoms with Crippen LogP contribution in [0.5, 0.6) is 0 Å². The predicted octanol–water partition coefficient (Wildman–Crippen LogP) is 1.22. The van der Waals surface area contributed by atoms with Gasteiger partial charge in [0.05, 0.1) is 11.8 Å². The summed E-state index contributed by atoms with van der Waals surface area (Å²) >= 11 is 0. The van der Waals surface area contributed by atoms with Crippen molar-refractivity contribution < 1.29 is 14.7 Å². The smallest absolute Gasteiger partial charge is 0.345 e. The van der Waals surface area contributed by atoms with E-state index in [1.165, 1.54) is 0 Å². The molecule has 6 nitrogen and oxygen atoms in total. The first-order valence-electron chi connectivity index (χ1n) is 4.67. The molecule has 0 saturated carbocycles. The Morgan fingerprint density at radius 2 is 1.94 bits per heavy atom. The van der Waals surface area contributed by atoms with Gasteiger partial charge in [0.1, 0.15) is 0 Å². The molecule has 0 aliphatic rings. The predicted molar refractivity (Wildman–Crippen MR) is 63.9 cm³/mol. The van der Waals surface area contributed by atoms with Crippen LogP contribution in [-0.2, 0) is 4.79 Å². The zero-order chi connectivity index (χ0) is 12.7. The van der Waals surface area contributed by atoms with Crippen LogP contribution in [-0.4, -0.2) is 23.3 Å². The van der Waals surface area contributed by atoms with Crippen molar-refractivity contribution in [3.8, 4) is 0 Å². The van der Waals surface area contributed by atoms with E-state index in [1.807, 2.05) is 0 Å². The Hall–Kier alpha value is -2.63. The van der Waals surface area contributed by atoms with Crippen LogP contribution in [0, 0.1) is 0 Å². The van der Waals surface area contributed by atoms with Crippen LogP contribution >= 0.6 is 0 Å². The number of hydrogen-bond donors (Lipinski definition) is 3. The van der Waals surface area contributed by atoms with E-state index in [9.17, 15) is 9.59 Å². The van der Waals surface area contributed by atoms with E-state index in [2.05, 4.69) is 10.3 Å². The summed E-state index contributed by atoms with van der Waals surface area (Å²) < 4.78 is 0. The number of aliphatic hydroxyl groups excluding tert-OH is 1. The highest BCUT2D eigenvalue weighted by atomic mass is 16.2. The SMILES string of the molecule is NC(=O)C(/C=N\C(=O)Nc1ccccc1)=C\O. The first-order valence-corrected chi connectivity index (χ1v) is 4.67. The van der Waals surface area contributed by atoms with Gasteiger partial charge in [0.15, 0.2) is 0 Å². The van der Waals surface area contributed by atoms with E-state index in [4.69, 9.17) is 10.8 Å². The summed E-state index contributed by atoms with van der Waals surface area (Å²) in [6.45, 7) is 0. The molecule has 0 radical (unpaired) electrons. The Morgan fingerprint density at radius 3 is 2.47 bits per heavy atom. The molecule has 0 aliphatic carbocycles. The highest BCUT2D eigenvalue weighted by Crippen LogP contribution is 2.04. The van der Waals surface area contributed by atoms with E-state index in [-0.39, 0.29) is 5.57 Å². The molecule has 0 bridgehead atoms. The van der Waals surface area contributed by atoms with Gasteiger partial charge in [0.25, 0.3) is 5.91 Å². The summed E-state index contributed by atoms with van der Waals surface area (Å²) in [6.07, 6.45) is 1.38. The number of amides is 3. The number of nitrogens with zero attached hydrogens (tertiary/aromatic N) is 1. The molecule has 0 atom stereocenters. The summed E-state index contributed by atoms with van der Waals surface area (Å²) in [4.78, 5) is 25.4. The van der Waals surface area contributed by atoms with Crippen molar-refractivity contribution in [3.05, 3.63) is 42.2 Å². The van der Waals surface area contributed by atoms with E-state index in [1.54, 1.807) is 30.3 Å². The lowest BCUT2D eigenvalue weighted by Gasteiger charge is -1.99. The number of nitrogens with two attached hydrogens (primary N) is 1. The van der Waals surface area contributed by atoms with Crippen molar-refractivity contribution in [2.24, 2.45) is 10.7 Å². The largest absolute Gasteiger partial charge is 0.515 e. The fourth-order valence-electron chi connectivity index (χ4n) is 0.966. The van der Waals surface area contributed by atoms with Crippen molar-refractivity contribution in [1.29, 1.82) is 0 Å². The maximum atomic E-state index is 11.3. The average molecular weight is 233 g/mol. The van der Waals surface area contributed by atoms with Gasteiger partial charge in [-0.2, -0.15) is 0 Å². The Bertz CT molecular complexity index is 466. The highest BCUT2D eigenvalue weighted by molar-refractivity contribution is 6.13. The van der Waals surface area contributed by atoms with Gasteiger partial charge >= 0.3 is 6.03 Å². The molecule has 1 aromatic rings. The maximum Gasteiger partial charge on any atom is 0.345 e. The summed E-state index contributed by atoms with van der Waals surface area (Å²) in [5.74, 6) is -0.872. The van der Waals surface area contributed by atoms with E-state index in [0.29, 0.717) is 11.9 Å². The van der Waals surface area contributed by atoms with Crippen LogP contribution in [0.1, 0.15) is 0 Å². The molecule has 0 fully saturated rings. The lowest BCUT2D eigenvalue weighted by Crippen LogP contribution is -2.16. The Kier molecular flexibility index (Phi) is 4.44. The third-order valence-electron chi connectivity index (χ3n) is 1.77. The molecule has 6 heteroatoms. The Labute approximate surface area is 97.5 Å². The molecule has 0 unspecified atom stereocenters. The molecule has 1 rings (SSSR count). The monoisotopic (exact) mass is 233 g/mol. The minimum atomic E-state index is -0.872. The van der Waals surface area contributed by atoms with Crippen molar-refractivity contribution >= 4 is 23.8 Å². The quantitative estimate of drug-likeness (QED) is 0.415. The molecule has 0 heterocycles. The molecule has 1 aromatic carbocycles. The van der Waals surface area contributed by atoms with Crippen LogP contribution in [0.2, 0.25) is 0 Å². The van der Waals surface area contributed by atoms with Gasteiger partial charge in [0.2, 0.25) is 0 Å². The Morgan fingerprint density at radius 1 is 1.29 bits per heavy atom. The highest BCUT2D eigenvalue weighted by Gasteiger charge is 2.03. The van der Waals surface area contributed by atoms with Gasteiger partial charge in [-0.05, 0) is 12.1 Å². The second-order valence-electron chi connectivity index (χ2n) is 3.00. The second kappa shape index (κ2) is 6.06. The summed E-state index contributed by atoms with van der Waals surface area (Å²) in [5, 5.41) is 11.1. The lowest BCUT2D eigenvalue weighted by molar-refractivity contribution is -0.114. The number of benzene rings is 1. The van der Waals surface area contributed by atoms with Gasteiger partial charge in [-0.3, -0.25) is 4.79 Å². The minimum absolute atomic E-state index is 0.256. The number of urea groups is 1. The first kappa shape index (κ1) is 12.4. The molecule has 0 saturated heterocycles. The van der Waals surface area contributed by atoms with E-state index >= 15 is 0 Å². The number of aliphatic imine (C=N–C) groups is 1. The third-order valence-corrected chi connectivity index (χ3v) is 1.77. The third kappa shape index (κ3) is 4.17. The minimum Gasteiger partial charge on any atom is -0.515 e. The molecule has 0 aliphatic heterocycles. The number of rotatable bonds is 3. The number of aliphatic hydroxyl groups is 1. The van der Waals surface area contributed by atoms with Crippen molar-refractivity contribution in [1.82, 2.24) is 0 Å². The van der Waals surface area contributed by atoms with Crippen molar-refractivity contribution in [2.75, 3.05) is 5.32 Å². The first-order chi connectivity index (χ1) is 8.13. The zero-order valence-electron chi connectivity index (χ0n) is 8.83. The fraction of sp³-hybridized carbons (Fsp3) is 0. The molecule has 88 valence electrons. The maximum absolute atomic E-state index is 11.3. The summed E-state index contributed by atoms with van der Waals surface area (Å²) in [6, 6.07) is 8.01. The summed E-state index contributed by atoms with van der Waals surface area (Å²) in [7, 11) is 0. The van der Waals surface area contributed by atoms with E-state index in [0.717, 1.165) is 6.21 Å². The van der Waals surface area contributed by atoms with Crippen LogP contribution in [0.25, 0.3) is 0 Å². The number of nitrogens with one attached hydrogen (secondary N) is 1. The standard InChI is InChI=1S/C11H11N3O3/c12-10(16)8(7-15)6-13-11(17)14-9-4-2-1-3-5-9/h1-7,15H,(H2,12,16)(H,14,17)/b8-7-,13-6-. The van der Waals surface area contributed by atoms with Gasteiger partial charge in [0, 0.05) is 11.9 Å². The number of para-hydroxylation sites is 1. The molecule has 4 N–H and O–H groups in total. The molecular formula is C11H11N3O3.